The van der Waals surface area contributed by atoms with Crippen LogP contribution in [0, 0.1) is 0 Å². The molecule has 1 N–H and O–H groups in total. The second-order valence-electron chi connectivity index (χ2n) is 5.78. The van der Waals surface area contributed by atoms with Gasteiger partial charge in [0.05, 0.1) is 22.7 Å². The van der Waals surface area contributed by atoms with Crippen molar-refractivity contribution in [1.29, 1.82) is 0 Å². The predicted molar refractivity (Wildman–Crippen MR) is 81.6 cm³/mol. The third-order valence-corrected chi connectivity index (χ3v) is 5.87. The lowest BCUT2D eigenvalue weighted by Gasteiger charge is -2.43. The SMILES string of the molecule is Cn1cc([C@H]2C[C@@]3(CCN2)OCCc2cc(Cl)sc23)nn1. The summed E-state index contributed by atoms with van der Waals surface area (Å²) in [6.07, 6.45) is 4.80. The standard InChI is InChI=1S/C14H17ClN4OS/c1-19-8-11(17-18-19)10-7-14(3-4-16-10)13-9(2-5-20-14)6-12(15)21-13/h6,8,10,16H,2-5,7H2,1H3/t10-,14-/m1/s1. The van der Waals surface area contributed by atoms with Gasteiger partial charge >= 0.3 is 0 Å². The summed E-state index contributed by atoms with van der Waals surface area (Å²) < 4.78 is 8.87. The summed E-state index contributed by atoms with van der Waals surface area (Å²) in [7, 11) is 1.89. The maximum Gasteiger partial charge on any atom is 0.106 e. The van der Waals surface area contributed by atoms with E-state index in [1.54, 1.807) is 16.0 Å². The van der Waals surface area contributed by atoms with Gasteiger partial charge in [0.1, 0.15) is 5.60 Å². The Labute approximate surface area is 132 Å². The molecule has 0 aliphatic carbocycles. The summed E-state index contributed by atoms with van der Waals surface area (Å²) in [6.45, 7) is 1.68. The average Bonchev–Trinajstić information content (AvgIpc) is 3.06. The number of ether oxygens (including phenoxy) is 1. The zero-order valence-electron chi connectivity index (χ0n) is 11.8. The number of fused-ring (bicyclic) bond motifs is 2. The molecule has 112 valence electrons. The summed E-state index contributed by atoms with van der Waals surface area (Å²) in [4.78, 5) is 1.31. The molecule has 2 atom stereocenters. The quantitative estimate of drug-likeness (QED) is 0.875. The monoisotopic (exact) mass is 324 g/mol. The van der Waals surface area contributed by atoms with Crippen LogP contribution in [0.15, 0.2) is 12.3 Å². The first-order valence-electron chi connectivity index (χ1n) is 7.18. The van der Waals surface area contributed by atoms with Gasteiger partial charge in [-0.2, -0.15) is 0 Å². The van der Waals surface area contributed by atoms with Gasteiger partial charge in [-0.3, -0.25) is 4.68 Å². The van der Waals surface area contributed by atoms with E-state index >= 15 is 0 Å². The third kappa shape index (κ3) is 2.30. The lowest BCUT2D eigenvalue weighted by atomic mass is 9.82. The number of aromatic nitrogens is 3. The second kappa shape index (κ2) is 5.05. The van der Waals surface area contributed by atoms with Crippen LogP contribution in [0.25, 0.3) is 0 Å². The van der Waals surface area contributed by atoms with E-state index in [1.807, 2.05) is 13.2 Å². The fourth-order valence-corrected chi connectivity index (χ4v) is 4.89. The molecule has 7 heteroatoms. The molecule has 2 aliphatic rings. The van der Waals surface area contributed by atoms with E-state index in [-0.39, 0.29) is 11.6 Å². The Morgan fingerprint density at radius 2 is 2.48 bits per heavy atom. The molecule has 0 amide bonds. The molecule has 0 radical (unpaired) electrons. The van der Waals surface area contributed by atoms with Crippen LogP contribution in [0.3, 0.4) is 0 Å². The van der Waals surface area contributed by atoms with Crippen molar-refractivity contribution in [3.05, 3.63) is 32.7 Å². The molecule has 0 aromatic carbocycles. The molecular formula is C14H17ClN4OS. The number of hydrogen-bond donors (Lipinski definition) is 1. The number of hydrogen-bond acceptors (Lipinski definition) is 5. The first-order valence-corrected chi connectivity index (χ1v) is 8.38. The number of thiophene rings is 1. The summed E-state index contributed by atoms with van der Waals surface area (Å²) in [6, 6.07) is 2.28. The minimum Gasteiger partial charge on any atom is -0.369 e. The Morgan fingerprint density at radius 1 is 1.57 bits per heavy atom. The molecule has 0 saturated carbocycles. The lowest BCUT2D eigenvalue weighted by molar-refractivity contribution is -0.0871. The average molecular weight is 325 g/mol. The summed E-state index contributed by atoms with van der Waals surface area (Å²) in [5.41, 5.74) is 2.13. The number of nitrogens with one attached hydrogen (secondary N) is 1. The van der Waals surface area contributed by atoms with Gasteiger partial charge in [0.15, 0.2) is 0 Å². The Kier molecular flexibility index (Phi) is 3.29. The van der Waals surface area contributed by atoms with Crippen LogP contribution < -0.4 is 5.32 Å². The van der Waals surface area contributed by atoms with Gasteiger partial charge in [-0.15, -0.1) is 16.4 Å². The minimum absolute atomic E-state index is 0.180. The van der Waals surface area contributed by atoms with E-state index in [1.165, 1.54) is 10.4 Å². The van der Waals surface area contributed by atoms with Gasteiger partial charge in [-0.1, -0.05) is 16.8 Å². The van der Waals surface area contributed by atoms with Gasteiger partial charge < -0.3 is 10.1 Å². The van der Waals surface area contributed by atoms with E-state index in [2.05, 4.69) is 21.7 Å². The molecule has 1 saturated heterocycles. The van der Waals surface area contributed by atoms with Crippen molar-refractivity contribution >= 4 is 22.9 Å². The van der Waals surface area contributed by atoms with Crippen molar-refractivity contribution < 1.29 is 4.74 Å². The van der Waals surface area contributed by atoms with Crippen LogP contribution in [0.1, 0.15) is 35.0 Å². The van der Waals surface area contributed by atoms with Crippen LogP contribution in [0.4, 0.5) is 0 Å². The van der Waals surface area contributed by atoms with Crippen LogP contribution in [0.2, 0.25) is 4.34 Å². The van der Waals surface area contributed by atoms with Crippen molar-refractivity contribution in [2.75, 3.05) is 13.2 Å². The number of nitrogens with zero attached hydrogens (tertiary/aromatic N) is 3. The highest BCUT2D eigenvalue weighted by atomic mass is 35.5. The van der Waals surface area contributed by atoms with Gasteiger partial charge in [-0.05, 0) is 31.0 Å². The topological polar surface area (TPSA) is 52.0 Å². The van der Waals surface area contributed by atoms with Gasteiger partial charge in [-0.25, -0.2) is 0 Å². The largest absolute Gasteiger partial charge is 0.369 e. The Morgan fingerprint density at radius 3 is 3.29 bits per heavy atom. The van der Waals surface area contributed by atoms with Crippen LogP contribution in [-0.2, 0) is 23.8 Å². The van der Waals surface area contributed by atoms with Crippen molar-refractivity contribution in [2.45, 2.75) is 30.9 Å². The third-order valence-electron chi connectivity index (χ3n) is 4.37. The van der Waals surface area contributed by atoms with Crippen molar-refractivity contribution in [3.8, 4) is 0 Å². The first kappa shape index (κ1) is 13.7. The van der Waals surface area contributed by atoms with Gasteiger partial charge in [0.2, 0.25) is 0 Å². The maximum atomic E-state index is 6.26. The molecule has 2 aromatic rings. The van der Waals surface area contributed by atoms with Crippen LogP contribution in [-0.4, -0.2) is 28.1 Å². The van der Waals surface area contributed by atoms with Crippen molar-refractivity contribution in [2.24, 2.45) is 7.05 Å². The van der Waals surface area contributed by atoms with E-state index in [4.69, 9.17) is 16.3 Å². The van der Waals surface area contributed by atoms with E-state index < -0.39 is 0 Å². The molecule has 21 heavy (non-hydrogen) atoms. The lowest BCUT2D eigenvalue weighted by Crippen LogP contribution is -2.45. The molecule has 2 aromatic heterocycles. The maximum absolute atomic E-state index is 6.26. The molecular weight excluding hydrogens is 308 g/mol. The summed E-state index contributed by atoms with van der Waals surface area (Å²) >= 11 is 7.90. The van der Waals surface area contributed by atoms with Gasteiger partial charge in [0, 0.05) is 24.5 Å². The number of aryl methyl sites for hydroxylation is 1. The van der Waals surface area contributed by atoms with E-state index in [0.29, 0.717) is 0 Å². The summed E-state index contributed by atoms with van der Waals surface area (Å²) in [5, 5.41) is 11.8. The smallest absolute Gasteiger partial charge is 0.106 e. The molecule has 2 aliphatic heterocycles. The highest BCUT2D eigenvalue weighted by Crippen LogP contribution is 2.48. The minimum atomic E-state index is -0.209. The fraction of sp³-hybridized carbons (Fsp3) is 0.571. The zero-order chi connectivity index (χ0) is 14.4. The molecule has 0 bridgehead atoms. The molecule has 4 heterocycles. The van der Waals surface area contributed by atoms with E-state index in [9.17, 15) is 0 Å². The second-order valence-corrected chi connectivity index (χ2v) is 7.46. The molecule has 1 spiro atoms. The van der Waals surface area contributed by atoms with Crippen LogP contribution >= 0.6 is 22.9 Å². The van der Waals surface area contributed by atoms with E-state index in [0.717, 1.165) is 42.4 Å². The Bertz CT molecular complexity index is 670. The van der Waals surface area contributed by atoms with Crippen LogP contribution in [0.5, 0.6) is 0 Å². The highest BCUT2D eigenvalue weighted by molar-refractivity contribution is 7.16. The Balaban J connectivity index is 1.69. The van der Waals surface area contributed by atoms with Crippen molar-refractivity contribution in [1.82, 2.24) is 20.3 Å². The predicted octanol–water partition coefficient (Wildman–Crippen LogP) is 2.42. The zero-order valence-corrected chi connectivity index (χ0v) is 13.4. The van der Waals surface area contributed by atoms with Crippen molar-refractivity contribution in [3.63, 3.8) is 0 Å². The van der Waals surface area contributed by atoms with Gasteiger partial charge in [0.25, 0.3) is 0 Å². The number of piperidine rings is 1. The summed E-state index contributed by atoms with van der Waals surface area (Å²) in [5.74, 6) is 0. The fourth-order valence-electron chi connectivity index (χ4n) is 3.41. The molecule has 4 rings (SSSR count). The molecule has 0 unspecified atom stereocenters. The highest BCUT2D eigenvalue weighted by Gasteiger charge is 2.44. The Hall–Kier alpha value is -0.950. The number of halogens is 1. The molecule has 5 nitrogen and oxygen atoms in total. The molecule has 1 fully saturated rings. The normalized spacial score (nSPS) is 28.8. The number of rotatable bonds is 1. The first-order chi connectivity index (χ1) is 10.2.